The summed E-state index contributed by atoms with van der Waals surface area (Å²) in [5.41, 5.74) is 1.92. The Hall–Kier alpha value is -1.94. The van der Waals surface area contributed by atoms with Crippen molar-refractivity contribution >= 4 is 24.7 Å². The van der Waals surface area contributed by atoms with Crippen LogP contribution in [0.2, 0.25) is 0 Å². The van der Waals surface area contributed by atoms with Gasteiger partial charge in [0.2, 0.25) is 5.76 Å². The second kappa shape index (κ2) is 5.60. The van der Waals surface area contributed by atoms with E-state index in [2.05, 4.69) is 12.6 Å². The van der Waals surface area contributed by atoms with E-state index in [0.29, 0.717) is 11.5 Å². The maximum atomic E-state index is 10.7. The number of hydrogen-bond acceptors (Lipinski definition) is 3. The number of rotatable bonds is 4. The van der Waals surface area contributed by atoms with Crippen LogP contribution in [-0.2, 0) is 0 Å². The predicted octanol–water partition coefficient (Wildman–Crippen LogP) is 3.59. The average Bonchev–Trinajstić information content (AvgIpc) is 2.87. The van der Waals surface area contributed by atoms with Gasteiger partial charge < -0.3 is 9.52 Å². The third kappa shape index (κ3) is 2.84. The van der Waals surface area contributed by atoms with E-state index in [1.807, 2.05) is 36.4 Å². The summed E-state index contributed by atoms with van der Waals surface area (Å²) < 4.78 is 5.22. The smallest absolute Gasteiger partial charge is 0.371 e. The highest BCUT2D eigenvalue weighted by Gasteiger charge is 2.09. The Kier molecular flexibility index (Phi) is 3.89. The normalized spacial score (nSPS) is 10.9. The first-order chi connectivity index (χ1) is 8.70. The van der Waals surface area contributed by atoms with Crippen LogP contribution < -0.4 is 0 Å². The summed E-state index contributed by atoms with van der Waals surface area (Å²) in [6.07, 6.45) is 3.93. The standard InChI is InChI=1S/C14H12O3S/c15-14(16)13-8-7-12(17-13)11-5-3-10(4-6-11)2-1-9-18/h1-8,18H,9H2,(H,15,16). The van der Waals surface area contributed by atoms with Crippen LogP contribution in [0.15, 0.2) is 46.9 Å². The number of carboxylic acids is 1. The van der Waals surface area contributed by atoms with E-state index < -0.39 is 5.97 Å². The van der Waals surface area contributed by atoms with Gasteiger partial charge in [-0.05, 0) is 17.7 Å². The van der Waals surface area contributed by atoms with E-state index in [1.54, 1.807) is 6.07 Å². The summed E-state index contributed by atoms with van der Waals surface area (Å²) in [5, 5.41) is 8.78. The Balaban J connectivity index is 2.23. The highest BCUT2D eigenvalue weighted by Crippen LogP contribution is 2.22. The summed E-state index contributed by atoms with van der Waals surface area (Å²) in [4.78, 5) is 10.7. The molecule has 3 nitrogen and oxygen atoms in total. The third-order valence-corrected chi connectivity index (χ3v) is 2.64. The molecule has 0 aliphatic heterocycles. The molecule has 1 aromatic carbocycles. The Morgan fingerprint density at radius 1 is 1.22 bits per heavy atom. The van der Waals surface area contributed by atoms with Crippen LogP contribution >= 0.6 is 12.6 Å². The molecule has 1 aromatic heterocycles. The molecule has 2 aromatic rings. The first-order valence-electron chi connectivity index (χ1n) is 5.41. The lowest BCUT2D eigenvalue weighted by Crippen LogP contribution is -1.91. The molecule has 0 saturated heterocycles. The largest absolute Gasteiger partial charge is 0.475 e. The number of hydrogen-bond donors (Lipinski definition) is 2. The maximum Gasteiger partial charge on any atom is 0.371 e. The molecule has 1 N–H and O–H groups in total. The molecule has 0 aliphatic rings. The molecular weight excluding hydrogens is 248 g/mol. The van der Waals surface area contributed by atoms with Crippen molar-refractivity contribution in [2.24, 2.45) is 0 Å². The van der Waals surface area contributed by atoms with Crippen LogP contribution in [0, 0.1) is 0 Å². The first kappa shape index (κ1) is 12.5. The van der Waals surface area contributed by atoms with Gasteiger partial charge in [-0.25, -0.2) is 4.79 Å². The van der Waals surface area contributed by atoms with Crippen molar-refractivity contribution in [1.82, 2.24) is 0 Å². The van der Waals surface area contributed by atoms with Crippen LogP contribution in [0.4, 0.5) is 0 Å². The number of benzene rings is 1. The minimum Gasteiger partial charge on any atom is -0.475 e. The van der Waals surface area contributed by atoms with Crippen molar-refractivity contribution in [3.63, 3.8) is 0 Å². The van der Waals surface area contributed by atoms with Crippen LogP contribution in [0.3, 0.4) is 0 Å². The Labute approximate surface area is 110 Å². The van der Waals surface area contributed by atoms with Gasteiger partial charge in [0.05, 0.1) is 0 Å². The van der Waals surface area contributed by atoms with Gasteiger partial charge in [0.15, 0.2) is 0 Å². The number of aromatic carboxylic acids is 1. The molecule has 0 bridgehead atoms. The minimum absolute atomic E-state index is 0.0518. The number of carbonyl (C=O) groups is 1. The van der Waals surface area contributed by atoms with Crippen molar-refractivity contribution < 1.29 is 14.3 Å². The Morgan fingerprint density at radius 3 is 2.50 bits per heavy atom. The molecule has 0 atom stereocenters. The molecule has 0 radical (unpaired) electrons. The fourth-order valence-electron chi connectivity index (χ4n) is 1.56. The molecular formula is C14H12O3S. The van der Waals surface area contributed by atoms with Crippen molar-refractivity contribution in [3.8, 4) is 11.3 Å². The molecule has 1 heterocycles. The summed E-state index contributed by atoms with van der Waals surface area (Å²) in [5.74, 6) is 0.137. The SMILES string of the molecule is O=C(O)c1ccc(-c2ccc(C=CCS)cc2)o1. The molecule has 0 fully saturated rings. The van der Waals surface area contributed by atoms with Gasteiger partial charge >= 0.3 is 5.97 Å². The lowest BCUT2D eigenvalue weighted by atomic mass is 10.1. The zero-order chi connectivity index (χ0) is 13.0. The minimum atomic E-state index is -1.06. The average molecular weight is 260 g/mol. The van der Waals surface area contributed by atoms with Crippen molar-refractivity contribution in [1.29, 1.82) is 0 Å². The van der Waals surface area contributed by atoms with Crippen molar-refractivity contribution in [2.45, 2.75) is 0 Å². The van der Waals surface area contributed by atoms with E-state index in [4.69, 9.17) is 9.52 Å². The van der Waals surface area contributed by atoms with Gasteiger partial charge in [-0.15, -0.1) is 0 Å². The Morgan fingerprint density at radius 2 is 1.94 bits per heavy atom. The molecule has 0 aliphatic carbocycles. The predicted molar refractivity (Wildman–Crippen MR) is 74.0 cm³/mol. The maximum absolute atomic E-state index is 10.7. The monoisotopic (exact) mass is 260 g/mol. The summed E-state index contributed by atoms with van der Waals surface area (Å²) in [6.45, 7) is 0. The highest BCUT2D eigenvalue weighted by atomic mass is 32.1. The van der Waals surface area contributed by atoms with Crippen molar-refractivity contribution in [3.05, 3.63) is 53.8 Å². The highest BCUT2D eigenvalue weighted by molar-refractivity contribution is 7.80. The van der Waals surface area contributed by atoms with E-state index >= 15 is 0 Å². The molecule has 2 rings (SSSR count). The quantitative estimate of drug-likeness (QED) is 0.826. The molecule has 0 amide bonds. The van der Waals surface area contributed by atoms with Gasteiger partial charge in [0, 0.05) is 11.3 Å². The number of furan rings is 1. The number of carboxylic acid groups (broad SMARTS) is 1. The van der Waals surface area contributed by atoms with Crippen LogP contribution in [0.1, 0.15) is 16.1 Å². The zero-order valence-electron chi connectivity index (χ0n) is 9.54. The van der Waals surface area contributed by atoms with E-state index in [-0.39, 0.29) is 5.76 Å². The first-order valence-corrected chi connectivity index (χ1v) is 6.05. The molecule has 4 heteroatoms. The van der Waals surface area contributed by atoms with Gasteiger partial charge in [0.1, 0.15) is 5.76 Å². The molecule has 92 valence electrons. The number of thiol groups is 1. The van der Waals surface area contributed by atoms with Gasteiger partial charge in [-0.1, -0.05) is 36.4 Å². The van der Waals surface area contributed by atoms with Gasteiger partial charge in [0.25, 0.3) is 0 Å². The van der Waals surface area contributed by atoms with Crippen LogP contribution in [0.5, 0.6) is 0 Å². The molecule has 0 unspecified atom stereocenters. The summed E-state index contributed by atoms with van der Waals surface area (Å²) in [7, 11) is 0. The van der Waals surface area contributed by atoms with Crippen LogP contribution in [-0.4, -0.2) is 16.8 Å². The van der Waals surface area contributed by atoms with E-state index in [1.165, 1.54) is 6.07 Å². The molecule has 18 heavy (non-hydrogen) atoms. The van der Waals surface area contributed by atoms with Crippen LogP contribution in [0.25, 0.3) is 17.4 Å². The topological polar surface area (TPSA) is 50.4 Å². The fraction of sp³-hybridized carbons (Fsp3) is 0.0714. The lowest BCUT2D eigenvalue weighted by molar-refractivity contribution is 0.0663. The Bertz CT molecular complexity index is 567. The molecule has 0 spiro atoms. The second-order valence-corrected chi connectivity index (χ2v) is 4.04. The molecule has 0 saturated carbocycles. The van der Waals surface area contributed by atoms with Gasteiger partial charge in [-0.2, -0.15) is 12.6 Å². The third-order valence-electron chi connectivity index (χ3n) is 2.43. The lowest BCUT2D eigenvalue weighted by Gasteiger charge is -1.98. The van der Waals surface area contributed by atoms with Crippen molar-refractivity contribution in [2.75, 3.05) is 5.75 Å². The second-order valence-electron chi connectivity index (χ2n) is 3.68. The van der Waals surface area contributed by atoms with Gasteiger partial charge in [-0.3, -0.25) is 0 Å². The fourth-order valence-corrected chi connectivity index (χ4v) is 1.66. The summed E-state index contributed by atoms with van der Waals surface area (Å²) in [6, 6.07) is 10.8. The zero-order valence-corrected chi connectivity index (χ0v) is 10.4. The summed E-state index contributed by atoms with van der Waals surface area (Å²) >= 11 is 4.09. The van der Waals surface area contributed by atoms with E-state index in [0.717, 1.165) is 11.1 Å². The van der Waals surface area contributed by atoms with E-state index in [9.17, 15) is 4.79 Å².